The summed E-state index contributed by atoms with van der Waals surface area (Å²) in [6, 6.07) is 15.9. The molecule has 1 aliphatic carbocycles. The fourth-order valence-corrected chi connectivity index (χ4v) is 3.42. The van der Waals surface area contributed by atoms with Crippen LogP contribution >= 0.6 is 0 Å². The van der Waals surface area contributed by atoms with E-state index in [0.717, 1.165) is 12.8 Å². The van der Waals surface area contributed by atoms with Crippen molar-refractivity contribution in [3.05, 3.63) is 59.7 Å². The van der Waals surface area contributed by atoms with Crippen LogP contribution in [0.15, 0.2) is 48.5 Å². The second kappa shape index (κ2) is 5.61. The van der Waals surface area contributed by atoms with Gasteiger partial charge < -0.3 is 14.8 Å². The molecule has 23 heavy (non-hydrogen) atoms. The number of carbonyl (C=O) groups excluding carboxylic acids is 1. The van der Waals surface area contributed by atoms with Gasteiger partial charge in [0.15, 0.2) is 11.5 Å². The lowest BCUT2D eigenvalue weighted by Gasteiger charge is -2.42. The summed E-state index contributed by atoms with van der Waals surface area (Å²) in [7, 11) is 0. The number of rotatable bonds is 4. The number of hydrogen-bond acceptors (Lipinski definition) is 3. The molecule has 0 saturated heterocycles. The van der Waals surface area contributed by atoms with Crippen molar-refractivity contribution in [3.8, 4) is 11.5 Å². The normalized spacial score (nSPS) is 17.4. The van der Waals surface area contributed by atoms with E-state index in [2.05, 4.69) is 29.6 Å². The van der Waals surface area contributed by atoms with E-state index in [4.69, 9.17) is 9.47 Å². The van der Waals surface area contributed by atoms with Gasteiger partial charge in [0.25, 0.3) is 5.91 Å². The summed E-state index contributed by atoms with van der Waals surface area (Å²) in [5, 5.41) is 3.10. The molecule has 1 N–H and O–H groups in total. The monoisotopic (exact) mass is 309 g/mol. The molecular weight excluding hydrogens is 290 g/mol. The smallest absolute Gasteiger partial charge is 0.255 e. The van der Waals surface area contributed by atoms with E-state index in [1.807, 2.05) is 18.2 Å². The SMILES string of the molecule is O=C(NCC1(c2ccccc2)CCC1)c1cccc2c1OCO2. The summed E-state index contributed by atoms with van der Waals surface area (Å²) < 4.78 is 10.8. The number of amides is 1. The van der Waals surface area contributed by atoms with Crippen LogP contribution in [0.25, 0.3) is 0 Å². The Hall–Kier alpha value is -2.49. The van der Waals surface area contributed by atoms with Crippen LogP contribution < -0.4 is 14.8 Å². The number of fused-ring (bicyclic) bond motifs is 1. The van der Waals surface area contributed by atoms with Gasteiger partial charge in [0, 0.05) is 12.0 Å². The highest BCUT2D eigenvalue weighted by Gasteiger charge is 2.39. The lowest BCUT2D eigenvalue weighted by molar-refractivity contribution is 0.0923. The molecule has 0 aromatic heterocycles. The number of nitrogens with one attached hydrogen (secondary N) is 1. The number of hydrogen-bond donors (Lipinski definition) is 1. The molecule has 1 fully saturated rings. The van der Waals surface area contributed by atoms with Gasteiger partial charge in [-0.2, -0.15) is 0 Å². The Labute approximate surface area is 135 Å². The van der Waals surface area contributed by atoms with E-state index in [1.54, 1.807) is 6.07 Å². The molecule has 0 radical (unpaired) electrons. The van der Waals surface area contributed by atoms with Crippen molar-refractivity contribution >= 4 is 5.91 Å². The van der Waals surface area contributed by atoms with Crippen LogP contribution in [0.5, 0.6) is 11.5 Å². The Kier molecular flexibility index (Phi) is 3.45. The van der Waals surface area contributed by atoms with Crippen molar-refractivity contribution in [2.24, 2.45) is 0 Å². The third-order valence-corrected chi connectivity index (χ3v) is 4.93. The summed E-state index contributed by atoms with van der Waals surface area (Å²) >= 11 is 0. The van der Waals surface area contributed by atoms with Crippen LogP contribution in [0, 0.1) is 0 Å². The Bertz CT molecular complexity index is 723. The van der Waals surface area contributed by atoms with E-state index in [0.29, 0.717) is 23.6 Å². The summed E-state index contributed by atoms with van der Waals surface area (Å²) in [6.45, 7) is 0.827. The molecule has 2 aromatic rings. The predicted octanol–water partition coefficient (Wildman–Crippen LogP) is 3.27. The zero-order valence-corrected chi connectivity index (χ0v) is 12.9. The molecule has 1 saturated carbocycles. The van der Waals surface area contributed by atoms with E-state index in [-0.39, 0.29) is 18.1 Å². The summed E-state index contributed by atoms with van der Waals surface area (Å²) in [4.78, 5) is 12.6. The van der Waals surface area contributed by atoms with Crippen molar-refractivity contribution in [2.75, 3.05) is 13.3 Å². The lowest BCUT2D eigenvalue weighted by atomic mass is 9.64. The molecule has 0 spiro atoms. The number of benzene rings is 2. The molecule has 0 unspecified atom stereocenters. The molecule has 1 aliphatic heterocycles. The van der Waals surface area contributed by atoms with Crippen molar-refractivity contribution in [1.82, 2.24) is 5.32 Å². The average Bonchev–Trinajstić information content (AvgIpc) is 3.03. The van der Waals surface area contributed by atoms with Gasteiger partial charge in [0.2, 0.25) is 6.79 Å². The van der Waals surface area contributed by atoms with Gasteiger partial charge in [-0.1, -0.05) is 42.8 Å². The third kappa shape index (κ3) is 2.44. The minimum atomic E-state index is -0.102. The van der Waals surface area contributed by atoms with Gasteiger partial charge in [-0.3, -0.25) is 4.79 Å². The Balaban J connectivity index is 1.51. The zero-order valence-electron chi connectivity index (χ0n) is 12.9. The maximum Gasteiger partial charge on any atom is 0.255 e. The number of para-hydroxylation sites is 1. The van der Waals surface area contributed by atoms with Crippen molar-refractivity contribution < 1.29 is 14.3 Å². The van der Waals surface area contributed by atoms with Crippen LogP contribution in [0.3, 0.4) is 0 Å². The molecule has 4 heteroatoms. The van der Waals surface area contributed by atoms with Crippen molar-refractivity contribution in [2.45, 2.75) is 24.7 Å². The Morgan fingerprint density at radius 3 is 2.61 bits per heavy atom. The summed E-state index contributed by atoms with van der Waals surface area (Å²) in [5.41, 5.74) is 1.93. The average molecular weight is 309 g/mol. The second-order valence-electron chi connectivity index (χ2n) is 6.22. The van der Waals surface area contributed by atoms with Gasteiger partial charge >= 0.3 is 0 Å². The topological polar surface area (TPSA) is 47.6 Å². The number of ether oxygens (including phenoxy) is 2. The lowest BCUT2D eigenvalue weighted by Crippen LogP contribution is -2.45. The molecule has 4 nitrogen and oxygen atoms in total. The molecule has 2 aromatic carbocycles. The largest absolute Gasteiger partial charge is 0.454 e. The maximum atomic E-state index is 12.6. The summed E-state index contributed by atoms with van der Waals surface area (Å²) in [6.07, 6.45) is 3.44. The van der Waals surface area contributed by atoms with Gasteiger partial charge in [0.05, 0.1) is 5.56 Å². The molecular formula is C19H19NO3. The fourth-order valence-electron chi connectivity index (χ4n) is 3.42. The van der Waals surface area contributed by atoms with E-state index >= 15 is 0 Å². The minimum Gasteiger partial charge on any atom is -0.454 e. The third-order valence-electron chi connectivity index (χ3n) is 4.93. The Morgan fingerprint density at radius 2 is 1.87 bits per heavy atom. The molecule has 2 aliphatic rings. The van der Waals surface area contributed by atoms with Gasteiger partial charge in [-0.25, -0.2) is 0 Å². The minimum absolute atomic E-state index is 0.0756. The van der Waals surface area contributed by atoms with Crippen LogP contribution in [0.1, 0.15) is 35.2 Å². The number of carbonyl (C=O) groups is 1. The first-order chi connectivity index (χ1) is 11.3. The van der Waals surface area contributed by atoms with Gasteiger partial charge in [-0.15, -0.1) is 0 Å². The van der Waals surface area contributed by atoms with Crippen LogP contribution in [-0.2, 0) is 5.41 Å². The van der Waals surface area contributed by atoms with E-state index in [1.165, 1.54) is 12.0 Å². The van der Waals surface area contributed by atoms with Gasteiger partial charge in [-0.05, 0) is 30.5 Å². The first kappa shape index (κ1) is 14.1. The highest BCUT2D eigenvalue weighted by molar-refractivity contribution is 5.98. The standard InChI is InChI=1S/C19H19NO3/c21-18(15-8-4-9-16-17(15)23-13-22-16)20-12-19(10-5-11-19)14-6-2-1-3-7-14/h1-4,6-9H,5,10-13H2,(H,20,21). The second-order valence-corrected chi connectivity index (χ2v) is 6.22. The fraction of sp³-hybridized carbons (Fsp3) is 0.316. The molecule has 1 amide bonds. The molecule has 4 rings (SSSR count). The first-order valence-corrected chi connectivity index (χ1v) is 8.01. The first-order valence-electron chi connectivity index (χ1n) is 8.01. The highest BCUT2D eigenvalue weighted by Crippen LogP contribution is 2.43. The zero-order chi connectivity index (χ0) is 15.7. The van der Waals surface area contributed by atoms with E-state index < -0.39 is 0 Å². The summed E-state index contributed by atoms with van der Waals surface area (Å²) in [5.74, 6) is 1.08. The molecule has 0 atom stereocenters. The molecule has 1 heterocycles. The van der Waals surface area contributed by atoms with Gasteiger partial charge in [0.1, 0.15) is 0 Å². The maximum absolute atomic E-state index is 12.6. The van der Waals surface area contributed by atoms with E-state index in [9.17, 15) is 4.79 Å². The Morgan fingerprint density at radius 1 is 1.04 bits per heavy atom. The highest BCUT2D eigenvalue weighted by atomic mass is 16.7. The predicted molar refractivity (Wildman–Crippen MR) is 86.9 cm³/mol. The van der Waals surface area contributed by atoms with Crippen LogP contribution in [0.2, 0.25) is 0 Å². The van der Waals surface area contributed by atoms with Crippen LogP contribution in [0.4, 0.5) is 0 Å². The van der Waals surface area contributed by atoms with Crippen molar-refractivity contribution in [1.29, 1.82) is 0 Å². The van der Waals surface area contributed by atoms with Crippen molar-refractivity contribution in [3.63, 3.8) is 0 Å². The van der Waals surface area contributed by atoms with Crippen LogP contribution in [-0.4, -0.2) is 19.2 Å². The molecule has 0 bridgehead atoms. The molecule has 118 valence electrons. The quantitative estimate of drug-likeness (QED) is 0.943.